The van der Waals surface area contributed by atoms with Crippen molar-refractivity contribution < 1.29 is 9.53 Å². The quantitative estimate of drug-likeness (QED) is 0.623. The Hall–Kier alpha value is -2.24. The number of piperazine rings is 1. The van der Waals surface area contributed by atoms with Gasteiger partial charge in [0, 0.05) is 38.3 Å². The molecule has 1 aliphatic rings. The van der Waals surface area contributed by atoms with Gasteiger partial charge in [-0.05, 0) is 17.7 Å². The van der Waals surface area contributed by atoms with Gasteiger partial charge in [-0.3, -0.25) is 4.90 Å². The van der Waals surface area contributed by atoms with Gasteiger partial charge in [-0.1, -0.05) is 54.7 Å². The Kier molecular flexibility index (Phi) is 5.79. The van der Waals surface area contributed by atoms with E-state index in [2.05, 4.69) is 34.1 Å². The first-order chi connectivity index (χ1) is 12.2. The average molecular weight is 354 g/mol. The Morgan fingerprint density at radius 1 is 0.960 bits per heavy atom. The van der Waals surface area contributed by atoms with Gasteiger partial charge in [0.05, 0.1) is 12.7 Å². The molecular formula is C20H22N2O2S. The molecule has 0 unspecified atom stereocenters. The fourth-order valence-electron chi connectivity index (χ4n) is 3.00. The zero-order valence-corrected chi connectivity index (χ0v) is 15.2. The molecule has 130 valence electrons. The Morgan fingerprint density at radius 2 is 1.56 bits per heavy atom. The summed E-state index contributed by atoms with van der Waals surface area (Å²) in [5, 5.41) is 0. The number of carbonyl (C=O) groups excluding carboxylic acids is 1. The van der Waals surface area contributed by atoms with Gasteiger partial charge in [-0.2, -0.15) is 0 Å². The Labute approximate surface area is 154 Å². The number of methoxy groups -OCH3 is 1. The molecule has 0 amide bonds. The van der Waals surface area contributed by atoms with Crippen molar-refractivity contribution in [2.24, 2.45) is 0 Å². The lowest BCUT2D eigenvalue weighted by atomic mass is 10.1. The summed E-state index contributed by atoms with van der Waals surface area (Å²) in [6.07, 6.45) is 0. The summed E-state index contributed by atoms with van der Waals surface area (Å²) in [7, 11) is 1.38. The van der Waals surface area contributed by atoms with E-state index in [1.54, 1.807) is 12.1 Å². The van der Waals surface area contributed by atoms with Crippen molar-refractivity contribution >= 4 is 23.2 Å². The van der Waals surface area contributed by atoms with Crippen LogP contribution in [0.3, 0.4) is 0 Å². The van der Waals surface area contributed by atoms with Gasteiger partial charge >= 0.3 is 5.97 Å². The van der Waals surface area contributed by atoms with Crippen molar-refractivity contribution in [2.75, 3.05) is 33.3 Å². The van der Waals surface area contributed by atoms with Gasteiger partial charge in [-0.15, -0.1) is 0 Å². The van der Waals surface area contributed by atoms with Crippen LogP contribution in [0.1, 0.15) is 21.5 Å². The minimum absolute atomic E-state index is 0.327. The van der Waals surface area contributed by atoms with E-state index in [9.17, 15) is 4.79 Å². The summed E-state index contributed by atoms with van der Waals surface area (Å²) in [6.45, 7) is 4.81. The number of hydrogen-bond acceptors (Lipinski definition) is 4. The number of hydrogen-bond donors (Lipinski definition) is 0. The van der Waals surface area contributed by atoms with Gasteiger partial charge in [0.25, 0.3) is 0 Å². The molecule has 0 aliphatic carbocycles. The van der Waals surface area contributed by atoms with Crippen LogP contribution in [0, 0.1) is 0 Å². The van der Waals surface area contributed by atoms with Crippen LogP contribution in [-0.2, 0) is 11.3 Å². The Balaban J connectivity index is 1.55. The van der Waals surface area contributed by atoms with Crippen LogP contribution in [0.4, 0.5) is 0 Å². The van der Waals surface area contributed by atoms with Crippen LogP contribution in [-0.4, -0.2) is 54.0 Å². The molecule has 4 nitrogen and oxygen atoms in total. The first-order valence-electron chi connectivity index (χ1n) is 8.41. The van der Waals surface area contributed by atoms with E-state index in [1.165, 1.54) is 12.7 Å². The van der Waals surface area contributed by atoms with Gasteiger partial charge in [0.2, 0.25) is 0 Å². The second-order valence-electron chi connectivity index (χ2n) is 6.12. The molecule has 0 aromatic heterocycles. The van der Waals surface area contributed by atoms with Crippen LogP contribution in [0.25, 0.3) is 0 Å². The number of carbonyl (C=O) groups is 1. The zero-order chi connectivity index (χ0) is 17.6. The van der Waals surface area contributed by atoms with Crippen LogP contribution < -0.4 is 0 Å². The summed E-state index contributed by atoms with van der Waals surface area (Å²) in [5.41, 5.74) is 2.86. The maximum atomic E-state index is 11.5. The highest BCUT2D eigenvalue weighted by Crippen LogP contribution is 2.14. The van der Waals surface area contributed by atoms with Gasteiger partial charge < -0.3 is 9.64 Å². The van der Waals surface area contributed by atoms with E-state index in [-0.39, 0.29) is 5.97 Å². The molecule has 1 aliphatic heterocycles. The Morgan fingerprint density at radius 3 is 2.16 bits per heavy atom. The van der Waals surface area contributed by atoms with E-state index in [0.717, 1.165) is 43.3 Å². The lowest BCUT2D eigenvalue weighted by Crippen LogP contribution is -2.48. The van der Waals surface area contributed by atoms with E-state index < -0.39 is 0 Å². The van der Waals surface area contributed by atoms with Crippen LogP contribution >= 0.6 is 12.2 Å². The third-order valence-corrected chi connectivity index (χ3v) is 4.96. The zero-order valence-electron chi connectivity index (χ0n) is 14.4. The molecule has 1 fully saturated rings. The summed E-state index contributed by atoms with van der Waals surface area (Å²) >= 11 is 5.64. The van der Waals surface area contributed by atoms with Crippen LogP contribution in [0.15, 0.2) is 54.6 Å². The van der Waals surface area contributed by atoms with Gasteiger partial charge in [0.1, 0.15) is 4.99 Å². The Bertz CT molecular complexity index is 723. The standard InChI is InChI=1S/C20H22N2O2S/c1-24-20(23)18-9-7-17(8-10-18)19(25)22-13-11-21(12-14-22)15-16-5-3-2-4-6-16/h2-10H,11-15H2,1H3. The summed E-state index contributed by atoms with van der Waals surface area (Å²) in [4.78, 5) is 17.0. The number of thiocarbonyl (C=S) groups is 1. The third kappa shape index (κ3) is 4.44. The van der Waals surface area contributed by atoms with Gasteiger partial charge in [0.15, 0.2) is 0 Å². The normalized spacial score (nSPS) is 15.0. The fourth-order valence-corrected chi connectivity index (χ4v) is 3.32. The monoisotopic (exact) mass is 354 g/mol. The smallest absolute Gasteiger partial charge is 0.337 e. The molecule has 3 rings (SSSR count). The first-order valence-corrected chi connectivity index (χ1v) is 8.82. The number of esters is 1. The molecule has 1 heterocycles. The molecule has 2 aromatic carbocycles. The van der Waals surface area contributed by atoms with E-state index >= 15 is 0 Å². The molecule has 0 atom stereocenters. The molecule has 0 radical (unpaired) electrons. The molecule has 0 saturated carbocycles. The number of benzene rings is 2. The predicted molar refractivity (Wildman–Crippen MR) is 103 cm³/mol. The highest BCUT2D eigenvalue weighted by molar-refractivity contribution is 7.80. The highest BCUT2D eigenvalue weighted by Gasteiger charge is 2.20. The summed E-state index contributed by atoms with van der Waals surface area (Å²) in [6, 6.07) is 17.9. The fraction of sp³-hybridized carbons (Fsp3) is 0.300. The van der Waals surface area contributed by atoms with E-state index in [1.807, 2.05) is 18.2 Å². The number of nitrogens with zero attached hydrogens (tertiary/aromatic N) is 2. The van der Waals surface area contributed by atoms with E-state index in [0.29, 0.717) is 5.56 Å². The van der Waals surface area contributed by atoms with Crippen molar-refractivity contribution in [3.05, 3.63) is 71.3 Å². The summed E-state index contributed by atoms with van der Waals surface area (Å²) in [5.74, 6) is -0.327. The van der Waals surface area contributed by atoms with Crippen molar-refractivity contribution in [2.45, 2.75) is 6.54 Å². The van der Waals surface area contributed by atoms with Gasteiger partial charge in [-0.25, -0.2) is 4.79 Å². The second-order valence-corrected chi connectivity index (χ2v) is 6.51. The molecule has 0 spiro atoms. The third-order valence-electron chi connectivity index (χ3n) is 4.46. The lowest BCUT2D eigenvalue weighted by Gasteiger charge is -2.36. The molecule has 1 saturated heterocycles. The second kappa shape index (κ2) is 8.23. The maximum Gasteiger partial charge on any atom is 0.337 e. The molecule has 25 heavy (non-hydrogen) atoms. The van der Waals surface area contributed by atoms with Crippen LogP contribution in [0.5, 0.6) is 0 Å². The molecule has 5 heteroatoms. The summed E-state index contributed by atoms with van der Waals surface area (Å²) < 4.78 is 4.73. The molecule has 2 aromatic rings. The SMILES string of the molecule is COC(=O)c1ccc(C(=S)N2CCN(Cc3ccccc3)CC2)cc1. The molecule has 0 bridgehead atoms. The van der Waals surface area contributed by atoms with Crippen molar-refractivity contribution in [1.29, 1.82) is 0 Å². The number of rotatable bonds is 4. The highest BCUT2D eigenvalue weighted by atomic mass is 32.1. The van der Waals surface area contributed by atoms with Crippen molar-refractivity contribution in [3.63, 3.8) is 0 Å². The number of ether oxygens (including phenoxy) is 1. The van der Waals surface area contributed by atoms with Crippen molar-refractivity contribution in [3.8, 4) is 0 Å². The van der Waals surface area contributed by atoms with Crippen molar-refractivity contribution in [1.82, 2.24) is 9.80 Å². The molecule has 0 N–H and O–H groups in total. The minimum atomic E-state index is -0.327. The van der Waals surface area contributed by atoms with E-state index in [4.69, 9.17) is 17.0 Å². The molecular weight excluding hydrogens is 332 g/mol. The predicted octanol–water partition coefficient (Wildman–Crippen LogP) is 2.97. The topological polar surface area (TPSA) is 32.8 Å². The maximum absolute atomic E-state index is 11.5. The average Bonchev–Trinajstić information content (AvgIpc) is 2.68. The largest absolute Gasteiger partial charge is 0.465 e. The first kappa shape index (κ1) is 17.6. The van der Waals surface area contributed by atoms with Crippen LogP contribution in [0.2, 0.25) is 0 Å². The minimum Gasteiger partial charge on any atom is -0.465 e. The lowest BCUT2D eigenvalue weighted by molar-refractivity contribution is 0.0600.